The van der Waals surface area contributed by atoms with E-state index in [-0.39, 0.29) is 124 Å². The zero-order valence-corrected chi connectivity index (χ0v) is 56.8. The van der Waals surface area contributed by atoms with Gasteiger partial charge in [0.2, 0.25) is 0 Å². The van der Waals surface area contributed by atoms with Gasteiger partial charge in [-0.3, -0.25) is 39.1 Å². The second-order valence-electron chi connectivity index (χ2n) is 22.9. The van der Waals surface area contributed by atoms with Crippen LogP contribution in [0.15, 0.2) is 225 Å². The van der Waals surface area contributed by atoms with Crippen LogP contribution in [0.25, 0.3) is 0 Å². The molecule has 0 saturated heterocycles. The van der Waals surface area contributed by atoms with E-state index in [1.54, 1.807) is 85.8 Å². The highest BCUT2D eigenvalue weighted by Crippen LogP contribution is 2.23. The number of benzene rings is 9. The highest BCUT2D eigenvalue weighted by atomic mass is 35.5. The molecule has 10 aromatic rings. The maximum absolute atomic E-state index is 12.3. The van der Waals surface area contributed by atoms with Gasteiger partial charge in [0.15, 0.2) is 28.9 Å². The Morgan fingerprint density at radius 3 is 0.952 bits per heavy atom. The topological polar surface area (TPSA) is 365 Å². The molecule has 1 heterocycles. The molecular weight excluding hydrogens is 1350 g/mol. The number of carbonyl (C=O) groups excluding carboxylic acids is 5. The lowest BCUT2D eigenvalue weighted by atomic mass is 9.95. The summed E-state index contributed by atoms with van der Waals surface area (Å²) in [5, 5.41) is 65.7. The predicted molar refractivity (Wildman–Crippen MR) is 391 cm³/mol. The van der Waals surface area contributed by atoms with Gasteiger partial charge in [-0.2, -0.15) is 0 Å². The van der Waals surface area contributed by atoms with Crippen LogP contribution >= 0.6 is 11.6 Å². The van der Waals surface area contributed by atoms with Crippen molar-refractivity contribution < 1.29 is 88.3 Å². The molecule has 104 heavy (non-hydrogen) atoms. The average Bonchev–Trinajstić information content (AvgIpc) is 0.835. The van der Waals surface area contributed by atoms with Crippen molar-refractivity contribution in [1.29, 1.82) is 0 Å². The van der Waals surface area contributed by atoms with Gasteiger partial charge in [0.05, 0.1) is 44.7 Å². The molecule has 0 aliphatic carbocycles. The molecule has 0 aliphatic heterocycles. The maximum atomic E-state index is 12.3. The summed E-state index contributed by atoms with van der Waals surface area (Å²) in [6.07, 6.45) is 3.25. The molecule has 0 saturated carbocycles. The quantitative estimate of drug-likeness (QED) is 0.0186. The second-order valence-corrected chi connectivity index (χ2v) is 23.3. The van der Waals surface area contributed by atoms with Crippen molar-refractivity contribution in [2.45, 2.75) is 80.1 Å². The second kappa shape index (κ2) is 39.7. The van der Waals surface area contributed by atoms with Crippen LogP contribution in [-0.4, -0.2) is 105 Å². The zero-order chi connectivity index (χ0) is 75.4. The number of halogens is 1. The SMILES string of the molecule is C.CCc1ccc(CC(=O)c2ccccc2C(=O)O)cc1.CCc1ccc(CC(=O)c2ccccc2C(=O)O)cc1.Cc1ccc(CC(=O)c2ccccc2C(=O)O)c(C(=O)O)c1.Cc1ccc(CC(=O)c2ccccc2C(=O)O)cc1Cl.O=C(O)c1ccccc1C(=O)Cc1ccc([N+](=O)[O-])cn1. The van der Waals surface area contributed by atoms with Gasteiger partial charge >= 0.3 is 35.8 Å². The molecule has 0 amide bonds. The number of carbonyl (C=O) groups is 11. The fraction of sp³-hybridized carbons (Fsp3) is 0.146. The minimum atomic E-state index is -1.19. The Balaban J connectivity index is 0.000000233. The fourth-order valence-corrected chi connectivity index (χ4v) is 10.3. The summed E-state index contributed by atoms with van der Waals surface area (Å²) < 4.78 is 0. The van der Waals surface area contributed by atoms with Crippen molar-refractivity contribution >= 4 is 82.0 Å². The number of carboxylic acid groups (broad SMARTS) is 6. The van der Waals surface area contributed by atoms with E-state index < -0.39 is 52.3 Å². The molecule has 21 nitrogen and oxygen atoms in total. The number of carboxylic acids is 6. The van der Waals surface area contributed by atoms with Crippen molar-refractivity contribution in [2.24, 2.45) is 0 Å². The Morgan fingerprint density at radius 2 is 0.654 bits per heavy atom. The van der Waals surface area contributed by atoms with Crippen LogP contribution in [0.4, 0.5) is 5.69 Å². The van der Waals surface area contributed by atoms with Crippen LogP contribution in [0.2, 0.25) is 5.02 Å². The number of aromatic carboxylic acids is 6. The molecule has 1 aromatic heterocycles. The third kappa shape index (κ3) is 23.8. The van der Waals surface area contributed by atoms with Gasteiger partial charge < -0.3 is 30.6 Å². The van der Waals surface area contributed by atoms with Crippen molar-refractivity contribution in [2.75, 3.05) is 0 Å². The highest BCUT2D eigenvalue weighted by molar-refractivity contribution is 6.31. The van der Waals surface area contributed by atoms with Gasteiger partial charge in [-0.15, -0.1) is 0 Å². The Morgan fingerprint density at radius 1 is 0.356 bits per heavy atom. The minimum absolute atomic E-state index is 0. The molecule has 6 N–H and O–H groups in total. The lowest BCUT2D eigenvalue weighted by molar-refractivity contribution is -0.385. The van der Waals surface area contributed by atoms with Gasteiger partial charge in [-0.1, -0.05) is 202 Å². The monoisotopic (exact) mass is 1420 g/mol. The summed E-state index contributed by atoms with van der Waals surface area (Å²) in [7, 11) is 0. The van der Waals surface area contributed by atoms with E-state index in [1.807, 2.05) is 67.6 Å². The van der Waals surface area contributed by atoms with E-state index in [2.05, 4.69) is 18.8 Å². The number of hydrogen-bond donors (Lipinski definition) is 6. The number of pyridine rings is 1. The van der Waals surface area contributed by atoms with Crippen LogP contribution in [0.3, 0.4) is 0 Å². The normalized spacial score (nSPS) is 10.1. The van der Waals surface area contributed by atoms with Crippen LogP contribution in [0.5, 0.6) is 0 Å². The fourth-order valence-electron chi connectivity index (χ4n) is 10.1. The molecule has 532 valence electrons. The van der Waals surface area contributed by atoms with Crippen LogP contribution in [0, 0.1) is 24.0 Å². The highest BCUT2D eigenvalue weighted by Gasteiger charge is 2.23. The average molecular weight is 1430 g/mol. The van der Waals surface area contributed by atoms with Crippen molar-refractivity contribution in [1.82, 2.24) is 4.98 Å². The number of rotatable bonds is 24. The number of aryl methyl sites for hydroxylation is 4. The predicted octanol–water partition coefficient (Wildman–Crippen LogP) is 16.1. The van der Waals surface area contributed by atoms with E-state index in [4.69, 9.17) is 37.1 Å². The van der Waals surface area contributed by atoms with Gasteiger partial charge in [0.1, 0.15) is 6.20 Å². The molecule has 0 unspecified atom stereocenters. The molecule has 0 radical (unpaired) electrons. The molecule has 22 heteroatoms. The molecule has 0 spiro atoms. The van der Waals surface area contributed by atoms with E-state index in [1.165, 1.54) is 90.0 Å². The first-order chi connectivity index (χ1) is 49.1. The number of ketones is 5. The standard InChI is InChI=1S/C17H14O5.2C17H16O3.C16H13ClO3.C14H10N2O5.CH4/c1-10-6-7-11(14(8-10)17(21)22)9-15(18)12-4-2-3-5-13(12)16(19)20;2*1-2-12-7-9-13(10-8-12)11-16(18)14-5-3-4-6-15(14)17(19)20;1-10-6-7-11(8-14(10)17)9-15(18)12-4-2-3-5-13(12)16(19)20;17-13(11-3-1-2-4-12(11)14(18)19)7-9-5-6-10(8-15-9)16(20)21;/h2-8H,9H2,1H3,(H,19,20)(H,21,22);2*3-10H,2,11H2,1H3,(H,19,20);2-8H,9H2,1H3,(H,19,20);1-6,8H,7H2,(H,18,19);1H4. The summed E-state index contributed by atoms with van der Waals surface area (Å²) in [4.78, 5) is 142. The van der Waals surface area contributed by atoms with Crippen molar-refractivity contribution in [3.05, 3.63) is 351 Å². The van der Waals surface area contributed by atoms with Crippen LogP contribution in [0.1, 0.15) is 185 Å². The summed E-state index contributed by atoms with van der Waals surface area (Å²) in [6, 6.07) is 59.1. The van der Waals surface area contributed by atoms with Gasteiger partial charge in [0, 0.05) is 70.3 Å². The Hall–Kier alpha value is -13.0. The molecule has 9 aromatic carbocycles. The van der Waals surface area contributed by atoms with E-state index in [9.17, 15) is 68.0 Å². The van der Waals surface area contributed by atoms with Gasteiger partial charge in [-0.05, 0) is 114 Å². The molecule has 0 aliphatic rings. The first-order valence-corrected chi connectivity index (χ1v) is 32.1. The largest absolute Gasteiger partial charge is 0.478 e. The Labute approximate surface area is 603 Å². The van der Waals surface area contributed by atoms with Crippen molar-refractivity contribution in [3.8, 4) is 0 Å². The molecule has 0 bridgehead atoms. The Kier molecular flexibility index (Phi) is 31.2. The molecular formula is C82H73ClN2O19. The first kappa shape index (κ1) is 81.7. The lowest BCUT2D eigenvalue weighted by Crippen LogP contribution is -2.13. The number of hydrogen-bond acceptors (Lipinski definition) is 14. The van der Waals surface area contributed by atoms with Gasteiger partial charge in [-0.25, -0.2) is 28.8 Å². The molecule has 0 fully saturated rings. The minimum Gasteiger partial charge on any atom is -0.478 e. The number of nitro groups is 1. The Bertz CT molecular complexity index is 4700. The summed E-state index contributed by atoms with van der Waals surface area (Å²) >= 11 is 6.02. The number of Topliss-reactive ketones (excluding diaryl/α,β-unsaturated/α-hetero) is 5. The number of aromatic nitrogens is 1. The van der Waals surface area contributed by atoms with E-state index in [0.29, 0.717) is 16.3 Å². The summed E-state index contributed by atoms with van der Waals surface area (Å²) in [5.41, 5.74) is 8.18. The lowest BCUT2D eigenvalue weighted by Gasteiger charge is -2.08. The van der Waals surface area contributed by atoms with Crippen LogP contribution in [-0.2, 0) is 44.9 Å². The molecule has 0 atom stereocenters. The summed E-state index contributed by atoms with van der Waals surface area (Å²) in [5.74, 6) is -8.15. The van der Waals surface area contributed by atoms with Crippen LogP contribution < -0.4 is 0 Å². The third-order valence-corrected chi connectivity index (χ3v) is 16.1. The van der Waals surface area contributed by atoms with Crippen molar-refractivity contribution in [3.63, 3.8) is 0 Å². The van der Waals surface area contributed by atoms with E-state index >= 15 is 0 Å². The maximum Gasteiger partial charge on any atom is 0.336 e. The number of nitrogens with zero attached hydrogens (tertiary/aromatic N) is 2. The third-order valence-electron chi connectivity index (χ3n) is 15.7. The first-order valence-electron chi connectivity index (χ1n) is 31.7. The van der Waals surface area contributed by atoms with Gasteiger partial charge in [0.25, 0.3) is 5.69 Å². The molecule has 10 rings (SSSR count). The zero-order valence-electron chi connectivity index (χ0n) is 56.1. The summed E-state index contributed by atoms with van der Waals surface area (Å²) in [6.45, 7) is 7.79. The smallest absolute Gasteiger partial charge is 0.336 e. The van der Waals surface area contributed by atoms with E-state index in [0.717, 1.165) is 46.9 Å².